The largest absolute Gasteiger partial charge is 0.378 e. The van der Waals surface area contributed by atoms with Crippen LogP contribution >= 0.6 is 11.6 Å². The summed E-state index contributed by atoms with van der Waals surface area (Å²) in [5.74, 6) is 1.12. The number of amides is 1. The number of alkyl halides is 1. The van der Waals surface area contributed by atoms with Gasteiger partial charge in [-0.05, 0) is 25.7 Å². The van der Waals surface area contributed by atoms with E-state index in [0.717, 1.165) is 19.4 Å². The van der Waals surface area contributed by atoms with Crippen LogP contribution in [0.1, 0.15) is 26.2 Å². The molecule has 1 aliphatic rings. The third-order valence-electron chi connectivity index (χ3n) is 2.49. The van der Waals surface area contributed by atoms with Gasteiger partial charge in [0.1, 0.15) is 0 Å². The molecule has 0 atom stereocenters. The van der Waals surface area contributed by atoms with Gasteiger partial charge in [0.15, 0.2) is 0 Å². The van der Waals surface area contributed by atoms with Crippen LogP contribution in [-0.2, 0) is 9.53 Å². The molecule has 0 bridgehead atoms. The molecule has 1 N–H and O–H groups in total. The molecule has 3 nitrogen and oxygen atoms in total. The SMILES string of the molecule is CCOC1CC(CC(=O)NCCCl)C1. The Bertz CT molecular complexity index is 181. The molecule has 0 spiro atoms. The van der Waals surface area contributed by atoms with Crippen molar-refractivity contribution in [2.75, 3.05) is 19.0 Å². The van der Waals surface area contributed by atoms with Gasteiger partial charge in [-0.2, -0.15) is 0 Å². The maximum absolute atomic E-state index is 11.3. The molecule has 82 valence electrons. The van der Waals surface area contributed by atoms with Crippen molar-refractivity contribution in [1.29, 1.82) is 0 Å². The number of nitrogens with one attached hydrogen (secondary N) is 1. The van der Waals surface area contributed by atoms with Crippen LogP contribution in [0.5, 0.6) is 0 Å². The smallest absolute Gasteiger partial charge is 0.220 e. The zero-order chi connectivity index (χ0) is 10.4. The Kier molecular flexibility index (Phi) is 5.26. The molecule has 0 radical (unpaired) electrons. The lowest BCUT2D eigenvalue weighted by molar-refractivity contribution is -0.124. The third-order valence-corrected chi connectivity index (χ3v) is 2.67. The second kappa shape index (κ2) is 6.25. The number of halogens is 1. The van der Waals surface area contributed by atoms with Gasteiger partial charge in [-0.25, -0.2) is 0 Å². The van der Waals surface area contributed by atoms with Crippen LogP contribution in [0.4, 0.5) is 0 Å². The fourth-order valence-corrected chi connectivity index (χ4v) is 1.83. The number of rotatable bonds is 6. The van der Waals surface area contributed by atoms with E-state index in [2.05, 4.69) is 5.32 Å². The Labute approximate surface area is 90.1 Å². The van der Waals surface area contributed by atoms with Crippen LogP contribution in [0.25, 0.3) is 0 Å². The van der Waals surface area contributed by atoms with Crippen molar-refractivity contribution >= 4 is 17.5 Å². The molecule has 0 aromatic heterocycles. The lowest BCUT2D eigenvalue weighted by Gasteiger charge is -2.34. The number of carbonyl (C=O) groups excluding carboxylic acids is 1. The Morgan fingerprint density at radius 2 is 2.29 bits per heavy atom. The third kappa shape index (κ3) is 3.84. The fraction of sp³-hybridized carbons (Fsp3) is 0.900. The Morgan fingerprint density at radius 3 is 2.86 bits per heavy atom. The predicted octanol–water partition coefficient (Wildman–Crippen LogP) is 1.55. The quantitative estimate of drug-likeness (QED) is 0.689. The minimum Gasteiger partial charge on any atom is -0.378 e. The van der Waals surface area contributed by atoms with Crippen LogP contribution in [-0.4, -0.2) is 31.0 Å². The summed E-state index contributed by atoms with van der Waals surface area (Å²) < 4.78 is 5.42. The summed E-state index contributed by atoms with van der Waals surface area (Å²) in [6, 6.07) is 0. The van der Waals surface area contributed by atoms with E-state index in [9.17, 15) is 4.79 Å². The fourth-order valence-electron chi connectivity index (χ4n) is 1.73. The summed E-state index contributed by atoms with van der Waals surface area (Å²) in [7, 11) is 0. The van der Waals surface area contributed by atoms with Gasteiger partial charge in [0, 0.05) is 25.5 Å². The zero-order valence-corrected chi connectivity index (χ0v) is 9.35. The van der Waals surface area contributed by atoms with E-state index in [1.165, 1.54) is 0 Å². The standard InChI is InChI=1S/C10H18ClNO2/c1-2-14-9-5-8(6-9)7-10(13)12-4-3-11/h8-9H,2-7H2,1H3,(H,12,13). The molecule has 0 aliphatic heterocycles. The summed E-state index contributed by atoms with van der Waals surface area (Å²) in [5, 5.41) is 2.77. The first-order valence-corrected chi connectivity index (χ1v) is 5.74. The Hall–Kier alpha value is -0.280. The van der Waals surface area contributed by atoms with E-state index in [1.54, 1.807) is 0 Å². The second-order valence-electron chi connectivity index (χ2n) is 3.66. The van der Waals surface area contributed by atoms with Gasteiger partial charge in [-0.1, -0.05) is 0 Å². The van der Waals surface area contributed by atoms with Gasteiger partial charge >= 0.3 is 0 Å². The molecule has 1 amide bonds. The van der Waals surface area contributed by atoms with Gasteiger partial charge in [0.25, 0.3) is 0 Å². The summed E-state index contributed by atoms with van der Waals surface area (Å²) in [6.45, 7) is 3.35. The van der Waals surface area contributed by atoms with Crippen LogP contribution < -0.4 is 5.32 Å². The highest BCUT2D eigenvalue weighted by atomic mass is 35.5. The van der Waals surface area contributed by atoms with Crippen LogP contribution in [0.2, 0.25) is 0 Å². The average Bonchev–Trinajstić information content (AvgIpc) is 2.11. The molecule has 1 aliphatic carbocycles. The molecule has 0 unspecified atom stereocenters. The molecule has 1 rings (SSSR count). The van der Waals surface area contributed by atoms with E-state index in [4.69, 9.17) is 16.3 Å². The van der Waals surface area contributed by atoms with Crippen molar-refractivity contribution in [1.82, 2.24) is 5.32 Å². The molecule has 0 aromatic rings. The normalized spacial score (nSPS) is 25.6. The van der Waals surface area contributed by atoms with E-state index < -0.39 is 0 Å². The highest BCUT2D eigenvalue weighted by Crippen LogP contribution is 2.32. The molecule has 0 aromatic carbocycles. The lowest BCUT2D eigenvalue weighted by Crippen LogP contribution is -2.36. The topological polar surface area (TPSA) is 38.3 Å². The summed E-state index contributed by atoms with van der Waals surface area (Å²) >= 11 is 5.46. The van der Waals surface area contributed by atoms with Crippen molar-refractivity contribution in [3.8, 4) is 0 Å². The van der Waals surface area contributed by atoms with Gasteiger partial charge in [-0.15, -0.1) is 11.6 Å². The van der Waals surface area contributed by atoms with Gasteiger partial charge in [0.2, 0.25) is 5.91 Å². The molecular formula is C10H18ClNO2. The zero-order valence-electron chi connectivity index (χ0n) is 8.59. The maximum atomic E-state index is 11.3. The first kappa shape index (κ1) is 11.8. The minimum absolute atomic E-state index is 0.116. The van der Waals surface area contributed by atoms with Crippen LogP contribution in [0, 0.1) is 5.92 Å². The van der Waals surface area contributed by atoms with E-state index in [1.807, 2.05) is 6.92 Å². The number of ether oxygens (including phenoxy) is 1. The Morgan fingerprint density at radius 1 is 1.57 bits per heavy atom. The first-order valence-electron chi connectivity index (χ1n) is 5.20. The molecule has 14 heavy (non-hydrogen) atoms. The molecule has 0 heterocycles. The highest BCUT2D eigenvalue weighted by molar-refractivity contribution is 6.18. The summed E-state index contributed by atoms with van der Waals surface area (Å²) in [4.78, 5) is 11.3. The molecular weight excluding hydrogens is 202 g/mol. The summed E-state index contributed by atoms with van der Waals surface area (Å²) in [6.07, 6.45) is 3.08. The van der Waals surface area contributed by atoms with E-state index in [-0.39, 0.29) is 5.91 Å². The molecule has 1 saturated carbocycles. The average molecular weight is 220 g/mol. The molecule has 1 fully saturated rings. The van der Waals surface area contributed by atoms with Crippen molar-refractivity contribution in [2.45, 2.75) is 32.3 Å². The van der Waals surface area contributed by atoms with Crippen molar-refractivity contribution < 1.29 is 9.53 Å². The van der Waals surface area contributed by atoms with E-state index in [0.29, 0.717) is 30.9 Å². The van der Waals surface area contributed by atoms with E-state index >= 15 is 0 Å². The van der Waals surface area contributed by atoms with Gasteiger partial charge < -0.3 is 10.1 Å². The Balaban J connectivity index is 2.01. The minimum atomic E-state index is 0.116. The summed E-state index contributed by atoms with van der Waals surface area (Å²) in [5.41, 5.74) is 0. The predicted molar refractivity (Wildman–Crippen MR) is 56.5 cm³/mol. The second-order valence-corrected chi connectivity index (χ2v) is 4.04. The van der Waals surface area contributed by atoms with Gasteiger partial charge in [-0.3, -0.25) is 4.79 Å². The molecule has 4 heteroatoms. The molecule has 0 saturated heterocycles. The first-order chi connectivity index (χ1) is 6.76. The van der Waals surface area contributed by atoms with Crippen molar-refractivity contribution in [3.63, 3.8) is 0 Å². The number of carbonyl (C=O) groups is 1. The monoisotopic (exact) mass is 219 g/mol. The van der Waals surface area contributed by atoms with Gasteiger partial charge in [0.05, 0.1) is 6.10 Å². The van der Waals surface area contributed by atoms with Crippen molar-refractivity contribution in [2.24, 2.45) is 5.92 Å². The lowest BCUT2D eigenvalue weighted by atomic mass is 9.80. The highest BCUT2D eigenvalue weighted by Gasteiger charge is 2.30. The maximum Gasteiger partial charge on any atom is 0.220 e. The van der Waals surface area contributed by atoms with Crippen LogP contribution in [0.3, 0.4) is 0 Å². The van der Waals surface area contributed by atoms with Crippen molar-refractivity contribution in [3.05, 3.63) is 0 Å². The van der Waals surface area contributed by atoms with Crippen LogP contribution in [0.15, 0.2) is 0 Å². The number of hydrogen-bond donors (Lipinski definition) is 1. The number of hydrogen-bond acceptors (Lipinski definition) is 2.